The lowest BCUT2D eigenvalue weighted by atomic mass is 9.74. The van der Waals surface area contributed by atoms with Crippen LogP contribution >= 0.6 is 0 Å². The van der Waals surface area contributed by atoms with Gasteiger partial charge >= 0.3 is 0 Å². The molecule has 0 saturated carbocycles. The van der Waals surface area contributed by atoms with E-state index in [0.717, 1.165) is 44.1 Å². The normalized spacial score (nSPS) is 16.8. The maximum Gasteiger partial charge on any atom is 0.126 e. The van der Waals surface area contributed by atoms with Crippen LogP contribution in [0.1, 0.15) is 18.4 Å². The Kier molecular flexibility index (Phi) is 4.66. The van der Waals surface area contributed by atoms with E-state index in [9.17, 15) is 0 Å². The van der Waals surface area contributed by atoms with E-state index < -0.39 is 0 Å². The lowest BCUT2D eigenvalue weighted by Gasteiger charge is -2.42. The van der Waals surface area contributed by atoms with Crippen LogP contribution in [0.15, 0.2) is 18.2 Å². The number of hydrogen-bond acceptors (Lipinski definition) is 4. The molecule has 1 aliphatic heterocycles. The van der Waals surface area contributed by atoms with Gasteiger partial charge in [-0.1, -0.05) is 6.07 Å². The number of benzene rings is 1. The molecular weight excluding hydrogens is 242 g/mol. The van der Waals surface area contributed by atoms with E-state index in [-0.39, 0.29) is 5.41 Å². The number of rotatable bonds is 7. The van der Waals surface area contributed by atoms with Crippen molar-refractivity contribution >= 4 is 0 Å². The van der Waals surface area contributed by atoms with Gasteiger partial charge in [-0.05, 0) is 32.5 Å². The summed E-state index contributed by atoms with van der Waals surface area (Å²) in [6.07, 6.45) is 2.24. The molecule has 0 unspecified atom stereocenters. The van der Waals surface area contributed by atoms with Crippen molar-refractivity contribution < 1.29 is 14.2 Å². The average molecular weight is 265 g/mol. The highest BCUT2D eigenvalue weighted by Crippen LogP contribution is 2.42. The highest BCUT2D eigenvalue weighted by molar-refractivity contribution is 5.46. The molecule has 0 bridgehead atoms. The Bertz CT molecular complexity index is 416. The van der Waals surface area contributed by atoms with Crippen molar-refractivity contribution in [2.24, 2.45) is 0 Å². The minimum atomic E-state index is 0.106. The molecule has 4 nitrogen and oxygen atoms in total. The second-order valence-corrected chi connectivity index (χ2v) is 5.05. The standard InChI is InChI=1S/C15H23NO3/c1-16-8-4-7-15(10-19-11-15)13-6-5-12(17-2)9-14(13)18-3/h5-6,9,16H,4,7-8,10-11H2,1-3H3. The topological polar surface area (TPSA) is 39.7 Å². The van der Waals surface area contributed by atoms with Crippen LogP contribution in [0.25, 0.3) is 0 Å². The van der Waals surface area contributed by atoms with Crippen LogP contribution in [-0.4, -0.2) is 41.0 Å². The highest BCUT2D eigenvalue weighted by atomic mass is 16.5. The monoisotopic (exact) mass is 265 g/mol. The summed E-state index contributed by atoms with van der Waals surface area (Å²) in [6.45, 7) is 2.58. The summed E-state index contributed by atoms with van der Waals surface area (Å²) in [4.78, 5) is 0. The summed E-state index contributed by atoms with van der Waals surface area (Å²) in [6, 6.07) is 6.06. The van der Waals surface area contributed by atoms with Gasteiger partial charge in [0.25, 0.3) is 0 Å². The molecule has 0 radical (unpaired) electrons. The van der Waals surface area contributed by atoms with E-state index in [4.69, 9.17) is 14.2 Å². The molecule has 1 aromatic rings. The molecule has 1 aliphatic rings. The first kappa shape index (κ1) is 14.2. The molecule has 1 aromatic carbocycles. The predicted molar refractivity (Wildman–Crippen MR) is 75.2 cm³/mol. The summed E-state index contributed by atoms with van der Waals surface area (Å²) >= 11 is 0. The van der Waals surface area contributed by atoms with Crippen molar-refractivity contribution in [1.82, 2.24) is 5.32 Å². The molecule has 0 amide bonds. The third-order valence-electron chi connectivity index (χ3n) is 3.82. The second-order valence-electron chi connectivity index (χ2n) is 5.05. The third-order valence-corrected chi connectivity index (χ3v) is 3.82. The molecule has 2 rings (SSSR count). The van der Waals surface area contributed by atoms with Crippen LogP contribution in [0.5, 0.6) is 11.5 Å². The van der Waals surface area contributed by atoms with Crippen molar-refractivity contribution in [3.05, 3.63) is 23.8 Å². The molecule has 0 aromatic heterocycles. The van der Waals surface area contributed by atoms with Gasteiger partial charge in [0.2, 0.25) is 0 Å². The first-order valence-electron chi connectivity index (χ1n) is 6.70. The maximum atomic E-state index is 5.52. The van der Waals surface area contributed by atoms with Crippen LogP contribution in [0.3, 0.4) is 0 Å². The molecule has 1 fully saturated rings. The van der Waals surface area contributed by atoms with Gasteiger partial charge in [0.15, 0.2) is 0 Å². The van der Waals surface area contributed by atoms with Crippen LogP contribution in [0.2, 0.25) is 0 Å². The molecule has 1 heterocycles. The largest absolute Gasteiger partial charge is 0.497 e. The molecule has 106 valence electrons. The quantitative estimate of drug-likeness (QED) is 0.765. The van der Waals surface area contributed by atoms with Crippen molar-refractivity contribution in [3.63, 3.8) is 0 Å². The predicted octanol–water partition coefficient (Wildman–Crippen LogP) is 1.97. The zero-order valence-electron chi connectivity index (χ0n) is 12.0. The van der Waals surface area contributed by atoms with Gasteiger partial charge in [0.05, 0.1) is 27.4 Å². The van der Waals surface area contributed by atoms with Gasteiger partial charge in [0.1, 0.15) is 11.5 Å². The van der Waals surface area contributed by atoms with Crippen molar-refractivity contribution in [2.75, 3.05) is 41.0 Å². The average Bonchev–Trinajstić information content (AvgIpc) is 2.41. The van der Waals surface area contributed by atoms with Gasteiger partial charge in [-0.3, -0.25) is 0 Å². The minimum absolute atomic E-state index is 0.106. The Balaban J connectivity index is 2.22. The molecule has 1 saturated heterocycles. The zero-order valence-corrected chi connectivity index (χ0v) is 12.0. The minimum Gasteiger partial charge on any atom is -0.497 e. The maximum absolute atomic E-state index is 5.52. The molecular formula is C15H23NO3. The van der Waals surface area contributed by atoms with E-state index in [0.29, 0.717) is 0 Å². The van der Waals surface area contributed by atoms with E-state index >= 15 is 0 Å². The Morgan fingerprint density at radius 1 is 1.26 bits per heavy atom. The van der Waals surface area contributed by atoms with Crippen LogP contribution in [-0.2, 0) is 10.2 Å². The summed E-state index contributed by atoms with van der Waals surface area (Å²) in [7, 11) is 5.36. The first-order valence-corrected chi connectivity index (χ1v) is 6.70. The van der Waals surface area contributed by atoms with E-state index in [1.54, 1.807) is 14.2 Å². The number of nitrogens with one attached hydrogen (secondary N) is 1. The third kappa shape index (κ3) is 2.85. The fourth-order valence-electron chi connectivity index (χ4n) is 2.62. The van der Waals surface area contributed by atoms with Gasteiger partial charge in [-0.25, -0.2) is 0 Å². The van der Waals surface area contributed by atoms with E-state index in [1.165, 1.54) is 5.56 Å². The van der Waals surface area contributed by atoms with Crippen molar-refractivity contribution in [2.45, 2.75) is 18.3 Å². The van der Waals surface area contributed by atoms with E-state index in [1.807, 2.05) is 19.2 Å². The SMILES string of the molecule is CNCCCC1(c2ccc(OC)cc2OC)COC1. The lowest BCUT2D eigenvalue weighted by Crippen LogP contribution is -2.47. The fourth-order valence-corrected chi connectivity index (χ4v) is 2.62. The van der Waals surface area contributed by atoms with Crippen molar-refractivity contribution in [1.29, 1.82) is 0 Å². The molecule has 0 spiro atoms. The van der Waals surface area contributed by atoms with Gasteiger partial charge in [-0.2, -0.15) is 0 Å². The number of ether oxygens (including phenoxy) is 3. The number of hydrogen-bond donors (Lipinski definition) is 1. The van der Waals surface area contributed by atoms with Crippen LogP contribution in [0.4, 0.5) is 0 Å². The fraction of sp³-hybridized carbons (Fsp3) is 0.600. The first-order chi connectivity index (χ1) is 9.25. The number of methoxy groups -OCH3 is 2. The summed E-state index contributed by atoms with van der Waals surface area (Å²) in [5.74, 6) is 1.72. The Morgan fingerprint density at radius 2 is 2.05 bits per heavy atom. The van der Waals surface area contributed by atoms with Gasteiger partial charge < -0.3 is 19.5 Å². The smallest absolute Gasteiger partial charge is 0.126 e. The summed E-state index contributed by atoms with van der Waals surface area (Å²) < 4.78 is 16.3. The molecule has 4 heteroatoms. The Labute approximate surface area is 115 Å². The Hall–Kier alpha value is -1.26. The van der Waals surface area contributed by atoms with E-state index in [2.05, 4.69) is 11.4 Å². The van der Waals surface area contributed by atoms with Gasteiger partial charge in [0, 0.05) is 17.0 Å². The van der Waals surface area contributed by atoms with Gasteiger partial charge in [-0.15, -0.1) is 0 Å². The molecule has 0 atom stereocenters. The zero-order chi connectivity index (χ0) is 13.7. The van der Waals surface area contributed by atoms with Crippen LogP contribution in [0, 0.1) is 0 Å². The Morgan fingerprint density at radius 3 is 2.58 bits per heavy atom. The van der Waals surface area contributed by atoms with Crippen LogP contribution < -0.4 is 14.8 Å². The summed E-state index contributed by atoms with van der Waals surface area (Å²) in [5.41, 5.74) is 1.34. The molecule has 0 aliphatic carbocycles. The molecule has 1 N–H and O–H groups in total. The molecule has 19 heavy (non-hydrogen) atoms. The highest BCUT2D eigenvalue weighted by Gasteiger charge is 2.41. The lowest BCUT2D eigenvalue weighted by molar-refractivity contribution is -0.0659. The second kappa shape index (κ2) is 6.26. The summed E-state index contributed by atoms with van der Waals surface area (Å²) in [5, 5.41) is 3.19. The van der Waals surface area contributed by atoms with Crippen molar-refractivity contribution in [3.8, 4) is 11.5 Å².